The zero-order valence-corrected chi connectivity index (χ0v) is 13.7. The molecule has 3 rings (SSSR count). The van der Waals surface area contributed by atoms with Gasteiger partial charge in [-0.15, -0.1) is 11.3 Å². The average molecular weight is 356 g/mol. The van der Waals surface area contributed by atoms with Crippen LogP contribution in [0.25, 0.3) is 0 Å². The maximum absolute atomic E-state index is 12.7. The van der Waals surface area contributed by atoms with E-state index in [2.05, 4.69) is 0 Å². The third-order valence-electron chi connectivity index (χ3n) is 3.56. The molecule has 1 aliphatic carbocycles. The van der Waals surface area contributed by atoms with Crippen molar-refractivity contribution in [3.63, 3.8) is 0 Å². The van der Waals surface area contributed by atoms with E-state index < -0.39 is 25.9 Å². The van der Waals surface area contributed by atoms with Crippen LogP contribution in [0.15, 0.2) is 16.3 Å². The first-order chi connectivity index (χ1) is 9.29. The Balaban J connectivity index is 1.95. The molecular formula is C11H14ClNO4S3. The van der Waals surface area contributed by atoms with E-state index in [1.165, 1.54) is 10.4 Å². The number of thiophene rings is 1. The fourth-order valence-electron chi connectivity index (χ4n) is 2.54. The highest BCUT2D eigenvalue weighted by atomic mass is 35.5. The van der Waals surface area contributed by atoms with Crippen molar-refractivity contribution in [1.29, 1.82) is 0 Å². The first kappa shape index (κ1) is 14.8. The summed E-state index contributed by atoms with van der Waals surface area (Å²) in [6, 6.07) is 2.55. The normalized spacial score (nSPS) is 26.2. The first-order valence-electron chi connectivity index (χ1n) is 6.29. The van der Waals surface area contributed by atoms with Gasteiger partial charge in [-0.25, -0.2) is 16.8 Å². The van der Waals surface area contributed by atoms with E-state index in [4.69, 9.17) is 11.6 Å². The van der Waals surface area contributed by atoms with Gasteiger partial charge < -0.3 is 0 Å². The summed E-state index contributed by atoms with van der Waals surface area (Å²) in [5.74, 6) is 0.00341. The number of nitrogens with zero attached hydrogens (tertiary/aromatic N) is 1. The van der Waals surface area contributed by atoms with Gasteiger partial charge in [0.15, 0.2) is 9.84 Å². The molecule has 2 fully saturated rings. The van der Waals surface area contributed by atoms with Crippen LogP contribution in [0, 0.1) is 0 Å². The zero-order chi connectivity index (χ0) is 14.5. The van der Waals surface area contributed by atoms with Gasteiger partial charge in [0.1, 0.15) is 4.21 Å². The zero-order valence-electron chi connectivity index (χ0n) is 10.5. The molecule has 0 N–H and O–H groups in total. The largest absolute Gasteiger partial charge is 0.253 e. The number of hydrogen-bond donors (Lipinski definition) is 0. The lowest BCUT2D eigenvalue weighted by molar-refractivity contribution is 0.333. The van der Waals surface area contributed by atoms with Crippen molar-refractivity contribution in [2.45, 2.75) is 35.6 Å². The number of sulfone groups is 1. The predicted molar refractivity (Wildman–Crippen MR) is 78.4 cm³/mol. The van der Waals surface area contributed by atoms with Gasteiger partial charge in [-0.2, -0.15) is 4.31 Å². The monoisotopic (exact) mass is 355 g/mol. The lowest BCUT2D eigenvalue weighted by Crippen LogP contribution is -2.42. The Morgan fingerprint density at radius 3 is 2.35 bits per heavy atom. The van der Waals surface area contributed by atoms with Crippen molar-refractivity contribution in [2.75, 3.05) is 11.5 Å². The second-order valence-electron chi connectivity index (χ2n) is 5.18. The molecule has 0 bridgehead atoms. The van der Waals surface area contributed by atoms with Gasteiger partial charge in [0.05, 0.1) is 15.8 Å². The molecule has 2 heterocycles. The molecule has 1 unspecified atom stereocenters. The van der Waals surface area contributed by atoms with Gasteiger partial charge in [0.2, 0.25) is 0 Å². The number of halogens is 1. The summed E-state index contributed by atoms with van der Waals surface area (Å²) >= 11 is 6.82. The number of sulfonamides is 1. The van der Waals surface area contributed by atoms with Crippen LogP contribution in [-0.4, -0.2) is 44.7 Å². The third kappa shape index (κ3) is 2.76. The van der Waals surface area contributed by atoms with E-state index in [0.717, 1.165) is 24.2 Å². The molecule has 1 saturated heterocycles. The summed E-state index contributed by atoms with van der Waals surface area (Å²) in [6.45, 7) is 0. The molecule has 0 spiro atoms. The van der Waals surface area contributed by atoms with Crippen LogP contribution in [0.4, 0.5) is 0 Å². The van der Waals surface area contributed by atoms with E-state index in [9.17, 15) is 16.8 Å². The van der Waals surface area contributed by atoms with Crippen LogP contribution in [0.1, 0.15) is 19.3 Å². The SMILES string of the molecule is O=S1(=O)CCC(N(C2CC2)S(=O)(=O)c2ccc(Cl)s2)C1. The first-order valence-corrected chi connectivity index (χ1v) is 10.7. The molecule has 5 nitrogen and oxygen atoms in total. The highest BCUT2D eigenvalue weighted by molar-refractivity contribution is 7.92. The molecule has 0 amide bonds. The standard InChI is InChI=1S/C11H14ClNO4S3/c12-10-3-4-11(18-10)20(16,17)13(8-1-2-8)9-5-6-19(14,15)7-9/h3-4,8-9H,1-2,5-7H2. The average Bonchev–Trinajstić information content (AvgIpc) is 2.94. The molecule has 9 heteroatoms. The van der Waals surface area contributed by atoms with Gasteiger partial charge in [0, 0.05) is 12.1 Å². The Bertz CT molecular complexity index is 721. The van der Waals surface area contributed by atoms with Crippen molar-refractivity contribution < 1.29 is 16.8 Å². The Hall–Kier alpha value is -0.150. The van der Waals surface area contributed by atoms with Gasteiger partial charge in [-0.3, -0.25) is 0 Å². The van der Waals surface area contributed by atoms with E-state index in [1.807, 2.05) is 0 Å². The van der Waals surface area contributed by atoms with Gasteiger partial charge in [0.25, 0.3) is 10.0 Å². The second-order valence-corrected chi connectivity index (χ2v) is 11.2. The van der Waals surface area contributed by atoms with Crippen molar-refractivity contribution >= 4 is 42.8 Å². The summed E-state index contributed by atoms with van der Waals surface area (Å²) in [6.07, 6.45) is 1.99. The Morgan fingerprint density at radius 2 is 1.90 bits per heavy atom. The Morgan fingerprint density at radius 1 is 1.20 bits per heavy atom. The minimum absolute atomic E-state index is 0.0563. The highest BCUT2D eigenvalue weighted by Gasteiger charge is 2.46. The summed E-state index contributed by atoms with van der Waals surface area (Å²) < 4.78 is 50.7. The molecular weight excluding hydrogens is 342 g/mol. The molecule has 112 valence electrons. The lowest BCUT2D eigenvalue weighted by atomic mass is 10.2. The molecule has 1 aromatic rings. The fraction of sp³-hybridized carbons (Fsp3) is 0.636. The maximum Gasteiger partial charge on any atom is 0.253 e. The van der Waals surface area contributed by atoms with E-state index in [1.54, 1.807) is 6.07 Å². The van der Waals surface area contributed by atoms with Gasteiger partial charge in [-0.1, -0.05) is 11.6 Å². The minimum atomic E-state index is -3.65. The molecule has 20 heavy (non-hydrogen) atoms. The lowest BCUT2D eigenvalue weighted by Gasteiger charge is -2.26. The van der Waals surface area contributed by atoms with E-state index in [0.29, 0.717) is 10.8 Å². The van der Waals surface area contributed by atoms with E-state index in [-0.39, 0.29) is 21.8 Å². The summed E-state index contributed by atoms with van der Waals surface area (Å²) in [5, 5.41) is 0. The quantitative estimate of drug-likeness (QED) is 0.824. The smallest absolute Gasteiger partial charge is 0.229 e. The Kier molecular flexibility index (Phi) is 3.65. The molecule has 1 atom stereocenters. The van der Waals surface area contributed by atoms with Crippen molar-refractivity contribution in [2.24, 2.45) is 0 Å². The summed E-state index contributed by atoms with van der Waals surface area (Å²) in [5.41, 5.74) is 0. The third-order valence-corrected chi connectivity index (χ3v) is 9.01. The van der Waals surface area contributed by atoms with E-state index >= 15 is 0 Å². The van der Waals surface area contributed by atoms with Crippen molar-refractivity contribution in [1.82, 2.24) is 4.31 Å². The molecule has 1 aliphatic heterocycles. The van der Waals surface area contributed by atoms with Crippen molar-refractivity contribution in [3.05, 3.63) is 16.5 Å². The second kappa shape index (κ2) is 4.95. The number of rotatable bonds is 4. The van der Waals surface area contributed by atoms with Crippen LogP contribution in [0.2, 0.25) is 4.34 Å². The van der Waals surface area contributed by atoms with Gasteiger partial charge >= 0.3 is 0 Å². The highest BCUT2D eigenvalue weighted by Crippen LogP contribution is 2.39. The fourth-order valence-corrected chi connectivity index (χ4v) is 7.83. The summed E-state index contributed by atoms with van der Waals surface area (Å²) in [4.78, 5) is 0. The van der Waals surface area contributed by atoms with Crippen LogP contribution >= 0.6 is 22.9 Å². The van der Waals surface area contributed by atoms with Crippen LogP contribution in [0.3, 0.4) is 0 Å². The maximum atomic E-state index is 12.7. The summed E-state index contributed by atoms with van der Waals surface area (Å²) in [7, 11) is -6.76. The molecule has 0 aromatic carbocycles. The molecule has 0 radical (unpaired) electrons. The van der Waals surface area contributed by atoms with Crippen molar-refractivity contribution in [3.8, 4) is 0 Å². The van der Waals surface area contributed by atoms with Crippen LogP contribution in [0.5, 0.6) is 0 Å². The van der Waals surface area contributed by atoms with Gasteiger partial charge in [-0.05, 0) is 31.4 Å². The number of hydrogen-bond acceptors (Lipinski definition) is 5. The Labute approximate surface area is 127 Å². The predicted octanol–water partition coefficient (Wildman–Crippen LogP) is 1.74. The molecule has 1 aromatic heterocycles. The van der Waals surface area contributed by atoms with Crippen LogP contribution in [-0.2, 0) is 19.9 Å². The topological polar surface area (TPSA) is 71.5 Å². The molecule has 2 aliphatic rings. The minimum Gasteiger partial charge on any atom is -0.229 e. The molecule has 1 saturated carbocycles. The van der Waals surface area contributed by atoms with Crippen LogP contribution < -0.4 is 0 Å².